The van der Waals surface area contributed by atoms with Crippen molar-refractivity contribution in [2.24, 2.45) is 5.73 Å². The van der Waals surface area contributed by atoms with E-state index < -0.39 is 5.54 Å². The first-order chi connectivity index (χ1) is 8.74. The van der Waals surface area contributed by atoms with E-state index in [9.17, 15) is 0 Å². The minimum absolute atomic E-state index is 0.604. The minimum Gasteiger partial charge on any atom is -0.339 e. The van der Waals surface area contributed by atoms with Gasteiger partial charge in [-0.3, -0.25) is 0 Å². The molecule has 3 rings (SSSR count). The molecule has 4 nitrogen and oxygen atoms in total. The molecule has 1 aromatic heterocycles. The van der Waals surface area contributed by atoms with Crippen LogP contribution in [0, 0.1) is 0 Å². The van der Waals surface area contributed by atoms with E-state index in [4.69, 9.17) is 10.3 Å². The molecule has 2 N–H and O–H groups in total. The number of aryl methyl sites for hydroxylation is 1. The number of fused-ring (bicyclic) bond motifs is 1. The molecule has 0 bridgehead atoms. The molecule has 5 heteroatoms. The largest absolute Gasteiger partial charge is 0.339 e. The first kappa shape index (κ1) is 11.7. The highest BCUT2D eigenvalue weighted by Crippen LogP contribution is 2.41. The second kappa shape index (κ2) is 4.40. The molecular weight excluding hydrogens is 246 g/mol. The van der Waals surface area contributed by atoms with E-state index >= 15 is 0 Å². The second-order valence-electron chi connectivity index (χ2n) is 4.43. The van der Waals surface area contributed by atoms with Crippen molar-refractivity contribution in [2.75, 3.05) is 5.75 Å². The summed E-state index contributed by atoms with van der Waals surface area (Å²) in [4.78, 5) is 5.63. The Labute approximate surface area is 110 Å². The van der Waals surface area contributed by atoms with Crippen molar-refractivity contribution < 1.29 is 4.52 Å². The van der Waals surface area contributed by atoms with Crippen LogP contribution >= 0.6 is 11.8 Å². The molecule has 0 spiro atoms. The lowest BCUT2D eigenvalue weighted by Gasteiger charge is -2.32. The number of rotatable bonds is 2. The van der Waals surface area contributed by atoms with Gasteiger partial charge in [-0.05, 0) is 18.1 Å². The standard InChI is InChI=1S/C13H15N3OS/c1-2-11-15-12(16-17-11)13(14)7-8-18-10-6-4-3-5-9(10)13/h3-6H,2,7-8,14H2,1H3. The third kappa shape index (κ3) is 1.74. The Bertz CT molecular complexity index is 569. The molecule has 1 unspecified atom stereocenters. The second-order valence-corrected chi connectivity index (χ2v) is 5.57. The third-order valence-electron chi connectivity index (χ3n) is 3.29. The van der Waals surface area contributed by atoms with Gasteiger partial charge in [-0.2, -0.15) is 4.98 Å². The molecule has 0 aliphatic carbocycles. The number of nitrogens with two attached hydrogens (primary N) is 1. The van der Waals surface area contributed by atoms with Crippen LogP contribution in [0.1, 0.15) is 30.6 Å². The molecule has 0 amide bonds. The van der Waals surface area contributed by atoms with Crippen LogP contribution in [-0.2, 0) is 12.0 Å². The lowest BCUT2D eigenvalue weighted by Crippen LogP contribution is -2.42. The fraction of sp³-hybridized carbons (Fsp3) is 0.385. The zero-order valence-electron chi connectivity index (χ0n) is 10.2. The molecule has 0 saturated heterocycles. The van der Waals surface area contributed by atoms with Crippen LogP contribution in [0.2, 0.25) is 0 Å². The van der Waals surface area contributed by atoms with Crippen LogP contribution in [0.5, 0.6) is 0 Å². The van der Waals surface area contributed by atoms with Crippen LogP contribution in [0.15, 0.2) is 33.7 Å². The van der Waals surface area contributed by atoms with E-state index in [-0.39, 0.29) is 0 Å². The predicted molar refractivity (Wildman–Crippen MR) is 70.4 cm³/mol. The molecule has 1 atom stereocenters. The van der Waals surface area contributed by atoms with Gasteiger partial charge in [-0.25, -0.2) is 0 Å². The molecule has 0 fully saturated rings. The summed E-state index contributed by atoms with van der Waals surface area (Å²) in [5.74, 6) is 2.22. The van der Waals surface area contributed by atoms with Gasteiger partial charge in [0.05, 0.1) is 0 Å². The molecule has 1 aromatic carbocycles. The Morgan fingerprint density at radius 2 is 2.28 bits per heavy atom. The van der Waals surface area contributed by atoms with E-state index in [2.05, 4.69) is 22.3 Å². The van der Waals surface area contributed by atoms with Crippen LogP contribution in [0.4, 0.5) is 0 Å². The average molecular weight is 261 g/mol. The number of benzene rings is 1. The summed E-state index contributed by atoms with van der Waals surface area (Å²) in [6.07, 6.45) is 1.57. The summed E-state index contributed by atoms with van der Waals surface area (Å²) in [6.45, 7) is 1.99. The van der Waals surface area contributed by atoms with Crippen LogP contribution in [0.3, 0.4) is 0 Å². The quantitative estimate of drug-likeness (QED) is 0.898. The summed E-state index contributed by atoms with van der Waals surface area (Å²) >= 11 is 1.83. The maximum atomic E-state index is 6.56. The van der Waals surface area contributed by atoms with E-state index in [0.29, 0.717) is 11.7 Å². The summed E-state index contributed by atoms with van der Waals surface area (Å²) in [5.41, 5.74) is 7.05. The van der Waals surface area contributed by atoms with Gasteiger partial charge >= 0.3 is 0 Å². The molecule has 2 aromatic rings. The summed E-state index contributed by atoms with van der Waals surface area (Å²) < 4.78 is 5.20. The third-order valence-corrected chi connectivity index (χ3v) is 4.37. The van der Waals surface area contributed by atoms with Gasteiger partial charge in [-0.15, -0.1) is 11.8 Å². The average Bonchev–Trinajstić information content (AvgIpc) is 2.89. The Hall–Kier alpha value is -1.33. The van der Waals surface area contributed by atoms with Crippen molar-refractivity contribution in [3.8, 4) is 0 Å². The predicted octanol–water partition coefficient (Wildman–Crippen LogP) is 2.33. The zero-order valence-corrected chi connectivity index (χ0v) is 11.0. The first-order valence-electron chi connectivity index (χ1n) is 6.08. The van der Waals surface area contributed by atoms with E-state index in [1.807, 2.05) is 30.8 Å². The lowest BCUT2D eigenvalue weighted by molar-refractivity contribution is 0.360. The molecule has 1 aliphatic heterocycles. The van der Waals surface area contributed by atoms with Crippen LogP contribution in [-0.4, -0.2) is 15.9 Å². The number of nitrogens with zero attached hydrogens (tertiary/aromatic N) is 2. The summed E-state index contributed by atoms with van der Waals surface area (Å²) in [6, 6.07) is 8.20. The van der Waals surface area contributed by atoms with E-state index in [1.165, 1.54) is 4.90 Å². The fourth-order valence-corrected chi connectivity index (χ4v) is 3.45. The van der Waals surface area contributed by atoms with Crippen molar-refractivity contribution in [3.05, 3.63) is 41.5 Å². The normalized spacial score (nSPS) is 22.8. The van der Waals surface area contributed by atoms with Crippen LogP contribution in [0.25, 0.3) is 0 Å². The topological polar surface area (TPSA) is 64.9 Å². The summed E-state index contributed by atoms with van der Waals surface area (Å²) in [5, 5.41) is 4.06. The maximum Gasteiger partial charge on any atom is 0.226 e. The monoisotopic (exact) mass is 261 g/mol. The SMILES string of the molecule is CCc1nc(C2(N)CCSc3ccccc32)no1. The van der Waals surface area contributed by atoms with Crippen molar-refractivity contribution in [3.63, 3.8) is 0 Å². The number of thioether (sulfide) groups is 1. The van der Waals surface area contributed by atoms with Crippen molar-refractivity contribution in [2.45, 2.75) is 30.2 Å². The number of hydrogen-bond donors (Lipinski definition) is 1. The zero-order chi connectivity index (χ0) is 12.6. The van der Waals surface area contributed by atoms with Gasteiger partial charge in [0, 0.05) is 17.1 Å². The Morgan fingerprint density at radius 1 is 1.44 bits per heavy atom. The van der Waals surface area contributed by atoms with E-state index in [1.54, 1.807) is 0 Å². The molecule has 18 heavy (non-hydrogen) atoms. The Kier molecular flexibility index (Phi) is 2.87. The fourth-order valence-electron chi connectivity index (χ4n) is 2.23. The molecule has 0 radical (unpaired) electrons. The highest BCUT2D eigenvalue weighted by molar-refractivity contribution is 7.99. The van der Waals surface area contributed by atoms with Crippen LogP contribution < -0.4 is 5.73 Å². The first-order valence-corrected chi connectivity index (χ1v) is 7.07. The molecule has 2 heterocycles. The van der Waals surface area contributed by atoms with Gasteiger partial charge < -0.3 is 10.3 Å². The van der Waals surface area contributed by atoms with Crippen molar-refractivity contribution in [1.82, 2.24) is 10.1 Å². The van der Waals surface area contributed by atoms with Crippen molar-refractivity contribution in [1.29, 1.82) is 0 Å². The smallest absolute Gasteiger partial charge is 0.226 e. The molecule has 1 aliphatic rings. The highest BCUT2D eigenvalue weighted by Gasteiger charge is 2.38. The molecule has 0 saturated carbocycles. The highest BCUT2D eigenvalue weighted by atomic mass is 32.2. The number of hydrogen-bond acceptors (Lipinski definition) is 5. The lowest BCUT2D eigenvalue weighted by atomic mass is 9.87. The minimum atomic E-state index is -0.612. The number of aromatic nitrogens is 2. The Balaban J connectivity index is 2.10. The Morgan fingerprint density at radius 3 is 3.06 bits per heavy atom. The van der Waals surface area contributed by atoms with Gasteiger partial charge in [0.1, 0.15) is 5.54 Å². The summed E-state index contributed by atoms with van der Waals surface area (Å²) in [7, 11) is 0. The van der Waals surface area contributed by atoms with Gasteiger partial charge in [0.25, 0.3) is 0 Å². The molecular formula is C13H15N3OS. The van der Waals surface area contributed by atoms with Crippen molar-refractivity contribution >= 4 is 11.8 Å². The van der Waals surface area contributed by atoms with E-state index in [0.717, 1.165) is 24.2 Å². The maximum absolute atomic E-state index is 6.56. The van der Waals surface area contributed by atoms with Gasteiger partial charge in [0.15, 0.2) is 5.82 Å². The van der Waals surface area contributed by atoms with Gasteiger partial charge in [-0.1, -0.05) is 30.3 Å². The molecule has 94 valence electrons. The van der Waals surface area contributed by atoms with Gasteiger partial charge in [0.2, 0.25) is 5.89 Å².